The summed E-state index contributed by atoms with van der Waals surface area (Å²) in [4.78, 5) is 26.2. The van der Waals surface area contributed by atoms with Crippen molar-refractivity contribution in [2.24, 2.45) is 0 Å². The highest BCUT2D eigenvalue weighted by Crippen LogP contribution is 2.24. The summed E-state index contributed by atoms with van der Waals surface area (Å²) in [5, 5.41) is -0.582. The zero-order chi connectivity index (χ0) is 12.6. The van der Waals surface area contributed by atoms with Crippen LogP contribution < -0.4 is 15.7 Å². The molecule has 0 aromatic carbocycles. The van der Waals surface area contributed by atoms with Gasteiger partial charge in [-0.05, 0) is 6.42 Å². The van der Waals surface area contributed by atoms with Crippen molar-refractivity contribution >= 4 is 23.2 Å². The summed E-state index contributed by atoms with van der Waals surface area (Å²) in [6.07, 6.45) is 0.741. The highest BCUT2D eigenvalue weighted by Gasteiger charge is 2.27. The third-order valence-electron chi connectivity index (χ3n) is 2.82. The monoisotopic (exact) mass is 275 g/mol. The van der Waals surface area contributed by atoms with Gasteiger partial charge in [0.1, 0.15) is 0 Å². The number of hydrogen-bond donors (Lipinski definition) is 1. The van der Waals surface area contributed by atoms with Crippen molar-refractivity contribution in [1.82, 2.24) is 4.98 Å². The highest BCUT2D eigenvalue weighted by molar-refractivity contribution is 6.30. The van der Waals surface area contributed by atoms with Crippen molar-refractivity contribution in [3.05, 3.63) is 37.9 Å². The Bertz CT molecular complexity index is 555. The van der Waals surface area contributed by atoms with Crippen LogP contribution in [-0.4, -0.2) is 22.8 Å². The molecule has 2 atom stereocenters. The zero-order valence-corrected chi connectivity index (χ0v) is 10.6. The summed E-state index contributed by atoms with van der Waals surface area (Å²) >= 11 is 12.1. The van der Waals surface area contributed by atoms with Gasteiger partial charge in [0, 0.05) is 23.7 Å². The number of hydrogen-bond acceptors (Lipinski definition) is 3. The summed E-state index contributed by atoms with van der Waals surface area (Å²) in [5.41, 5.74) is 0.398. The first-order chi connectivity index (χ1) is 8.02. The number of nitrogens with one attached hydrogen (secondary N) is 1. The molecule has 1 heterocycles. The lowest BCUT2D eigenvalue weighted by atomic mass is 9.96. The molecule has 4 nitrogen and oxygen atoms in total. The van der Waals surface area contributed by atoms with Crippen LogP contribution in [0.5, 0.6) is 5.75 Å². The standard InChI is InChI=1S/C11H11Cl2NO3/c1-17-10-4-9(15)5-2-6(12)7(13)3-8(5)14-11(10)16/h4,6-7H,2-3H2,1H3,(H,14,16). The fraction of sp³-hybridized carbons (Fsp3) is 0.455. The predicted octanol–water partition coefficient (Wildman–Crippen LogP) is 1.06. The number of aromatic amines is 1. The minimum Gasteiger partial charge on any atom is -0.491 e. The van der Waals surface area contributed by atoms with Gasteiger partial charge in [0.15, 0.2) is 11.2 Å². The number of halogens is 2. The molecule has 0 fully saturated rings. The first-order valence-corrected chi connectivity index (χ1v) is 6.01. The maximum absolute atomic E-state index is 11.9. The van der Waals surface area contributed by atoms with Crippen LogP contribution in [0.3, 0.4) is 0 Å². The molecule has 0 aliphatic heterocycles. The first kappa shape index (κ1) is 12.5. The molecule has 1 aliphatic rings. The molecular weight excluding hydrogens is 265 g/mol. The van der Waals surface area contributed by atoms with Gasteiger partial charge in [0.05, 0.1) is 17.9 Å². The van der Waals surface area contributed by atoms with Crippen LogP contribution in [0.1, 0.15) is 11.3 Å². The predicted molar refractivity (Wildman–Crippen MR) is 66.6 cm³/mol. The normalized spacial score (nSPS) is 23.0. The summed E-state index contributed by atoms with van der Waals surface area (Å²) in [6.45, 7) is 0. The fourth-order valence-corrected chi connectivity index (χ4v) is 2.38. The number of aromatic nitrogens is 1. The lowest BCUT2D eigenvalue weighted by Gasteiger charge is -2.22. The van der Waals surface area contributed by atoms with Crippen LogP contribution in [0.2, 0.25) is 0 Å². The van der Waals surface area contributed by atoms with E-state index < -0.39 is 5.56 Å². The van der Waals surface area contributed by atoms with E-state index in [1.807, 2.05) is 0 Å². The topological polar surface area (TPSA) is 59.2 Å². The van der Waals surface area contributed by atoms with Crippen LogP contribution in [0.4, 0.5) is 0 Å². The second-order valence-corrected chi connectivity index (χ2v) is 5.05. The molecule has 92 valence electrons. The van der Waals surface area contributed by atoms with Crippen molar-refractivity contribution in [1.29, 1.82) is 0 Å². The van der Waals surface area contributed by atoms with Crippen molar-refractivity contribution in [3.63, 3.8) is 0 Å². The molecule has 2 rings (SSSR count). The molecule has 0 radical (unpaired) electrons. The molecule has 1 aromatic heterocycles. The average molecular weight is 276 g/mol. The molecule has 1 N–H and O–H groups in total. The van der Waals surface area contributed by atoms with Crippen LogP contribution in [-0.2, 0) is 12.8 Å². The van der Waals surface area contributed by atoms with E-state index in [1.165, 1.54) is 13.2 Å². The number of ether oxygens (including phenoxy) is 1. The molecule has 2 unspecified atom stereocenters. The number of methoxy groups -OCH3 is 1. The summed E-state index contributed by atoms with van der Waals surface area (Å²) < 4.78 is 4.85. The Morgan fingerprint density at radius 1 is 1.29 bits per heavy atom. The Kier molecular flexibility index (Phi) is 3.45. The number of rotatable bonds is 1. The fourth-order valence-electron chi connectivity index (χ4n) is 1.89. The first-order valence-electron chi connectivity index (χ1n) is 5.14. The van der Waals surface area contributed by atoms with Crippen LogP contribution in [0.25, 0.3) is 0 Å². The van der Waals surface area contributed by atoms with Crippen molar-refractivity contribution in [2.75, 3.05) is 7.11 Å². The SMILES string of the molecule is COc1cc(=O)c2c([nH]c1=O)CC(Cl)C(Cl)C2. The second kappa shape index (κ2) is 4.70. The smallest absolute Gasteiger partial charge is 0.290 e. The molecule has 1 aromatic rings. The number of H-pyrrole nitrogens is 1. The van der Waals surface area contributed by atoms with Gasteiger partial charge >= 0.3 is 0 Å². The minimum atomic E-state index is -0.428. The maximum Gasteiger partial charge on any atom is 0.290 e. The molecule has 0 saturated heterocycles. The minimum absolute atomic E-state index is 0.00152. The van der Waals surface area contributed by atoms with E-state index in [4.69, 9.17) is 27.9 Å². The maximum atomic E-state index is 11.9. The third-order valence-corrected chi connectivity index (χ3v) is 3.87. The molecular formula is C11H11Cl2NO3. The molecule has 17 heavy (non-hydrogen) atoms. The van der Waals surface area contributed by atoms with E-state index in [0.717, 1.165) is 0 Å². The van der Waals surface area contributed by atoms with Gasteiger partial charge in [0.2, 0.25) is 0 Å². The van der Waals surface area contributed by atoms with Gasteiger partial charge in [-0.3, -0.25) is 9.59 Å². The van der Waals surface area contributed by atoms with Gasteiger partial charge in [-0.2, -0.15) is 0 Å². The van der Waals surface area contributed by atoms with Gasteiger partial charge in [-0.1, -0.05) is 0 Å². The Balaban J connectivity index is 2.68. The van der Waals surface area contributed by atoms with E-state index in [0.29, 0.717) is 24.1 Å². The van der Waals surface area contributed by atoms with Crippen LogP contribution >= 0.6 is 23.2 Å². The van der Waals surface area contributed by atoms with Gasteiger partial charge in [0.25, 0.3) is 5.56 Å². The van der Waals surface area contributed by atoms with Crippen LogP contribution in [0.15, 0.2) is 15.7 Å². The Labute approximate surface area is 108 Å². The van der Waals surface area contributed by atoms with Crippen molar-refractivity contribution in [3.8, 4) is 5.75 Å². The van der Waals surface area contributed by atoms with Crippen molar-refractivity contribution < 1.29 is 4.74 Å². The quantitative estimate of drug-likeness (QED) is 0.780. The van der Waals surface area contributed by atoms with Gasteiger partial charge < -0.3 is 9.72 Å². The molecule has 0 saturated carbocycles. The third kappa shape index (κ3) is 2.33. The lowest BCUT2D eigenvalue weighted by Crippen LogP contribution is -2.30. The Hall–Kier alpha value is -1.000. The number of alkyl halides is 2. The molecule has 0 amide bonds. The molecule has 0 bridgehead atoms. The largest absolute Gasteiger partial charge is 0.491 e. The molecule has 0 spiro atoms. The van der Waals surface area contributed by atoms with Crippen LogP contribution in [0, 0.1) is 0 Å². The van der Waals surface area contributed by atoms with E-state index >= 15 is 0 Å². The zero-order valence-electron chi connectivity index (χ0n) is 9.13. The van der Waals surface area contributed by atoms with E-state index in [9.17, 15) is 9.59 Å². The van der Waals surface area contributed by atoms with Gasteiger partial charge in [-0.25, -0.2) is 0 Å². The second-order valence-electron chi connectivity index (χ2n) is 3.93. The number of fused-ring (bicyclic) bond motifs is 1. The Morgan fingerprint density at radius 2 is 1.94 bits per heavy atom. The van der Waals surface area contributed by atoms with E-state index in [-0.39, 0.29) is 21.9 Å². The van der Waals surface area contributed by atoms with Crippen molar-refractivity contribution in [2.45, 2.75) is 23.6 Å². The van der Waals surface area contributed by atoms with Gasteiger partial charge in [-0.15, -0.1) is 23.2 Å². The molecule has 1 aliphatic carbocycles. The van der Waals surface area contributed by atoms with E-state index in [2.05, 4.69) is 4.98 Å². The van der Waals surface area contributed by atoms with E-state index in [1.54, 1.807) is 0 Å². The summed E-state index contributed by atoms with van der Waals surface area (Å²) in [5.74, 6) is 0.00152. The average Bonchev–Trinajstić information content (AvgIpc) is 2.39. The Morgan fingerprint density at radius 3 is 2.59 bits per heavy atom. The summed E-state index contributed by atoms with van der Waals surface area (Å²) in [7, 11) is 1.34. The summed E-state index contributed by atoms with van der Waals surface area (Å²) in [6, 6.07) is 1.19. The lowest BCUT2D eigenvalue weighted by molar-refractivity contribution is 0.409. The molecule has 6 heteroatoms. The highest BCUT2D eigenvalue weighted by atomic mass is 35.5.